The van der Waals surface area contributed by atoms with Crippen molar-refractivity contribution in [1.29, 1.82) is 0 Å². The Bertz CT molecular complexity index is 851. The van der Waals surface area contributed by atoms with Gasteiger partial charge in [-0.05, 0) is 36.4 Å². The first-order valence-electron chi connectivity index (χ1n) is 8.13. The third-order valence-corrected chi connectivity index (χ3v) is 3.86. The third-order valence-electron chi connectivity index (χ3n) is 3.86. The van der Waals surface area contributed by atoms with Gasteiger partial charge < -0.3 is 19.7 Å². The Morgan fingerprint density at radius 2 is 1.61 bits per heavy atom. The van der Waals surface area contributed by atoms with Gasteiger partial charge in [0.1, 0.15) is 6.54 Å². The molecule has 0 atom stereocenters. The van der Waals surface area contributed by atoms with Crippen molar-refractivity contribution in [3.8, 4) is 11.5 Å². The van der Waals surface area contributed by atoms with Gasteiger partial charge in [0.2, 0.25) is 11.8 Å². The maximum Gasteiger partial charge on any atom is 0.416 e. The van der Waals surface area contributed by atoms with E-state index in [1.54, 1.807) is 18.2 Å². The molecule has 0 saturated heterocycles. The molecule has 2 rings (SSSR count). The zero-order valence-corrected chi connectivity index (χ0v) is 15.5. The van der Waals surface area contributed by atoms with Crippen molar-refractivity contribution in [2.24, 2.45) is 0 Å². The normalized spacial score (nSPS) is 10.9. The zero-order chi connectivity index (χ0) is 20.9. The summed E-state index contributed by atoms with van der Waals surface area (Å²) in [5.41, 5.74) is -0.240. The number of nitrogens with one attached hydrogen (secondary N) is 1. The quantitative estimate of drug-likeness (QED) is 0.808. The second kappa shape index (κ2) is 8.64. The van der Waals surface area contributed by atoms with Crippen molar-refractivity contribution in [2.45, 2.75) is 13.1 Å². The molecule has 0 unspecified atom stereocenters. The van der Waals surface area contributed by atoms with Crippen LogP contribution in [0.5, 0.6) is 11.5 Å². The number of halogens is 3. The minimum Gasteiger partial charge on any atom is -0.493 e. The summed E-state index contributed by atoms with van der Waals surface area (Å²) in [4.78, 5) is 25.3. The van der Waals surface area contributed by atoms with Crippen LogP contribution >= 0.6 is 0 Å². The van der Waals surface area contributed by atoms with Gasteiger partial charge >= 0.3 is 6.18 Å². The van der Waals surface area contributed by atoms with Crippen LogP contribution in [-0.2, 0) is 15.8 Å². The Labute approximate surface area is 159 Å². The standard InChI is InChI=1S/C19H19F3N2O4/c1-12(25)24(15-7-4-13(5-8-15)19(20,21)22)11-18(26)23-14-6-9-16(27-2)17(10-14)28-3/h4-10H,11H2,1-3H3,(H,23,26). The molecule has 0 aliphatic rings. The second-order valence-electron chi connectivity index (χ2n) is 5.77. The largest absolute Gasteiger partial charge is 0.493 e. The number of ether oxygens (including phenoxy) is 2. The summed E-state index contributed by atoms with van der Waals surface area (Å²) in [6.07, 6.45) is -4.48. The molecule has 0 aromatic heterocycles. The molecule has 0 saturated carbocycles. The Morgan fingerprint density at radius 1 is 1.00 bits per heavy atom. The van der Waals surface area contributed by atoms with Crippen LogP contribution < -0.4 is 19.7 Å². The van der Waals surface area contributed by atoms with Gasteiger partial charge in [0.15, 0.2) is 11.5 Å². The fourth-order valence-corrected chi connectivity index (χ4v) is 2.47. The van der Waals surface area contributed by atoms with Crippen LogP contribution in [-0.4, -0.2) is 32.6 Å². The average Bonchev–Trinajstić information content (AvgIpc) is 2.65. The number of hydrogen-bond acceptors (Lipinski definition) is 4. The molecule has 150 valence electrons. The van der Waals surface area contributed by atoms with Gasteiger partial charge in [0.05, 0.1) is 19.8 Å². The van der Waals surface area contributed by atoms with Gasteiger partial charge in [-0.2, -0.15) is 13.2 Å². The number of hydrogen-bond donors (Lipinski definition) is 1. The SMILES string of the molecule is COc1ccc(NC(=O)CN(C(C)=O)c2ccc(C(F)(F)F)cc2)cc1OC. The third kappa shape index (κ3) is 5.15. The lowest BCUT2D eigenvalue weighted by molar-refractivity contribution is -0.137. The molecule has 0 aliphatic heterocycles. The number of anilines is 2. The highest BCUT2D eigenvalue weighted by Gasteiger charge is 2.30. The summed E-state index contributed by atoms with van der Waals surface area (Å²) in [6, 6.07) is 8.76. The Kier molecular flexibility index (Phi) is 6.50. The lowest BCUT2D eigenvalue weighted by Gasteiger charge is -2.21. The summed E-state index contributed by atoms with van der Waals surface area (Å²) < 4.78 is 48.3. The average molecular weight is 396 g/mol. The second-order valence-corrected chi connectivity index (χ2v) is 5.77. The number of methoxy groups -OCH3 is 2. The van der Waals surface area contributed by atoms with Crippen LogP contribution in [0.3, 0.4) is 0 Å². The Hall–Kier alpha value is -3.23. The number of alkyl halides is 3. The summed E-state index contributed by atoms with van der Waals surface area (Å²) in [5.74, 6) is -0.119. The molecule has 1 N–H and O–H groups in total. The van der Waals surface area contributed by atoms with E-state index in [1.165, 1.54) is 21.1 Å². The van der Waals surface area contributed by atoms with Gasteiger partial charge in [-0.25, -0.2) is 0 Å². The predicted molar refractivity (Wildman–Crippen MR) is 97.6 cm³/mol. The lowest BCUT2D eigenvalue weighted by atomic mass is 10.2. The number of carbonyl (C=O) groups is 2. The minimum absolute atomic E-state index is 0.183. The van der Waals surface area contributed by atoms with Gasteiger partial charge in [0.25, 0.3) is 0 Å². The molecular weight excluding hydrogens is 377 g/mol. The van der Waals surface area contributed by atoms with E-state index in [0.29, 0.717) is 17.2 Å². The molecule has 9 heteroatoms. The summed E-state index contributed by atoms with van der Waals surface area (Å²) in [5, 5.41) is 2.61. The van der Waals surface area contributed by atoms with E-state index in [0.717, 1.165) is 29.2 Å². The smallest absolute Gasteiger partial charge is 0.416 e. The molecule has 2 aromatic rings. The maximum atomic E-state index is 12.7. The van der Waals surface area contributed by atoms with Gasteiger partial charge in [-0.1, -0.05) is 0 Å². The van der Waals surface area contributed by atoms with E-state index in [4.69, 9.17) is 9.47 Å². The highest BCUT2D eigenvalue weighted by atomic mass is 19.4. The molecule has 0 aliphatic carbocycles. The first-order chi connectivity index (χ1) is 13.2. The molecule has 0 radical (unpaired) electrons. The molecule has 28 heavy (non-hydrogen) atoms. The molecule has 6 nitrogen and oxygen atoms in total. The summed E-state index contributed by atoms with van der Waals surface area (Å²) in [6.45, 7) is 0.858. The first kappa shape index (κ1) is 21.1. The topological polar surface area (TPSA) is 67.9 Å². The Balaban J connectivity index is 2.14. The highest BCUT2D eigenvalue weighted by molar-refractivity contribution is 6.01. The number of rotatable bonds is 6. The van der Waals surface area contributed by atoms with Crippen LogP contribution in [0.1, 0.15) is 12.5 Å². The molecule has 2 aromatic carbocycles. The number of benzene rings is 2. The van der Waals surface area contributed by atoms with E-state index in [9.17, 15) is 22.8 Å². The van der Waals surface area contributed by atoms with Crippen LogP contribution in [0.25, 0.3) is 0 Å². The molecule has 0 spiro atoms. The zero-order valence-electron chi connectivity index (χ0n) is 15.5. The van der Waals surface area contributed by atoms with E-state index in [-0.39, 0.29) is 12.2 Å². The number of amides is 2. The van der Waals surface area contributed by atoms with Crippen LogP contribution in [0.15, 0.2) is 42.5 Å². The van der Waals surface area contributed by atoms with Crippen LogP contribution in [0.4, 0.5) is 24.5 Å². The fraction of sp³-hybridized carbons (Fsp3) is 0.263. The predicted octanol–water partition coefficient (Wildman–Crippen LogP) is 3.71. The van der Waals surface area contributed by atoms with Gasteiger partial charge in [-0.15, -0.1) is 0 Å². The van der Waals surface area contributed by atoms with Crippen molar-refractivity contribution >= 4 is 23.2 Å². The van der Waals surface area contributed by atoms with Crippen molar-refractivity contribution < 1.29 is 32.2 Å². The monoisotopic (exact) mass is 396 g/mol. The highest BCUT2D eigenvalue weighted by Crippen LogP contribution is 2.31. The summed E-state index contributed by atoms with van der Waals surface area (Å²) >= 11 is 0. The van der Waals surface area contributed by atoms with Crippen molar-refractivity contribution in [2.75, 3.05) is 31.0 Å². The Morgan fingerprint density at radius 3 is 2.11 bits per heavy atom. The van der Waals surface area contributed by atoms with Gasteiger partial charge in [0, 0.05) is 24.4 Å². The number of carbonyl (C=O) groups excluding carboxylic acids is 2. The molecule has 0 fully saturated rings. The van der Waals surface area contributed by atoms with Crippen molar-refractivity contribution in [3.63, 3.8) is 0 Å². The van der Waals surface area contributed by atoms with Crippen molar-refractivity contribution in [3.05, 3.63) is 48.0 Å². The molecule has 0 bridgehead atoms. The van der Waals surface area contributed by atoms with Crippen LogP contribution in [0, 0.1) is 0 Å². The first-order valence-corrected chi connectivity index (χ1v) is 8.13. The van der Waals surface area contributed by atoms with E-state index < -0.39 is 23.6 Å². The van der Waals surface area contributed by atoms with Crippen molar-refractivity contribution in [1.82, 2.24) is 0 Å². The van der Waals surface area contributed by atoms with E-state index in [2.05, 4.69) is 5.32 Å². The molecule has 2 amide bonds. The van der Waals surface area contributed by atoms with Crippen LogP contribution in [0.2, 0.25) is 0 Å². The molecule has 0 heterocycles. The number of nitrogens with zero attached hydrogens (tertiary/aromatic N) is 1. The van der Waals surface area contributed by atoms with E-state index >= 15 is 0 Å². The molecular formula is C19H19F3N2O4. The van der Waals surface area contributed by atoms with Gasteiger partial charge in [-0.3, -0.25) is 9.59 Å². The van der Waals surface area contributed by atoms with E-state index in [1.807, 2.05) is 0 Å². The minimum atomic E-state index is -4.48. The fourth-order valence-electron chi connectivity index (χ4n) is 2.47. The summed E-state index contributed by atoms with van der Waals surface area (Å²) in [7, 11) is 2.93. The lowest BCUT2D eigenvalue weighted by Crippen LogP contribution is -2.36. The maximum absolute atomic E-state index is 12.7.